The molecule has 132 valence electrons. The third-order valence-electron chi connectivity index (χ3n) is 3.60. The highest BCUT2D eigenvalue weighted by Gasteiger charge is 2.13. The lowest BCUT2D eigenvalue weighted by atomic mass is 10.2. The number of hydrogen-bond donors (Lipinski definition) is 3. The number of fused-ring (bicyclic) bond motifs is 1. The van der Waals surface area contributed by atoms with Crippen molar-refractivity contribution in [3.8, 4) is 11.5 Å². The van der Waals surface area contributed by atoms with Crippen LogP contribution in [0.3, 0.4) is 0 Å². The van der Waals surface area contributed by atoms with Gasteiger partial charge in [-0.2, -0.15) is 5.10 Å². The molecule has 3 N–H and O–H groups in total. The fourth-order valence-electron chi connectivity index (χ4n) is 2.41. The van der Waals surface area contributed by atoms with Crippen molar-refractivity contribution in [3.05, 3.63) is 41.2 Å². The van der Waals surface area contributed by atoms with E-state index in [1.807, 2.05) is 38.1 Å². The van der Waals surface area contributed by atoms with Crippen LogP contribution in [0.5, 0.6) is 11.5 Å². The van der Waals surface area contributed by atoms with E-state index in [2.05, 4.69) is 21.3 Å². The maximum atomic E-state index is 11.9. The van der Waals surface area contributed by atoms with Crippen molar-refractivity contribution in [1.82, 2.24) is 25.9 Å². The van der Waals surface area contributed by atoms with E-state index in [1.165, 1.54) is 0 Å². The number of hydrazine groups is 1. The molecule has 25 heavy (non-hydrogen) atoms. The molecule has 0 bridgehead atoms. The van der Waals surface area contributed by atoms with Crippen LogP contribution in [0.2, 0.25) is 0 Å². The molecule has 9 heteroatoms. The standard InChI is InChI=1S/C16H19N5O3S/c1-10-5-11(2)21(20-10)8-15(22)18-19-16(25)17-7-12-3-4-13-14(6-12)24-9-23-13/h3-6H,7-9H2,1-2H3,(H,18,22)(H2,17,19,25). The molecule has 0 radical (unpaired) electrons. The number of ether oxygens (including phenoxy) is 2. The molecule has 0 aliphatic carbocycles. The Kier molecular flexibility index (Phi) is 5.03. The first kappa shape index (κ1) is 17.0. The Labute approximate surface area is 150 Å². The summed E-state index contributed by atoms with van der Waals surface area (Å²) in [5, 5.41) is 7.57. The topological polar surface area (TPSA) is 89.4 Å². The van der Waals surface area contributed by atoms with Gasteiger partial charge in [-0.1, -0.05) is 6.07 Å². The second-order valence-corrected chi connectivity index (χ2v) is 6.04. The van der Waals surface area contributed by atoms with Crippen LogP contribution >= 0.6 is 12.2 Å². The van der Waals surface area contributed by atoms with E-state index < -0.39 is 0 Å². The SMILES string of the molecule is Cc1cc(C)n(CC(=O)NNC(=S)NCc2ccc3c(c2)OCO3)n1. The molecule has 0 saturated heterocycles. The van der Waals surface area contributed by atoms with Gasteiger partial charge in [-0.3, -0.25) is 20.3 Å². The second kappa shape index (κ2) is 7.39. The first-order valence-corrected chi connectivity index (χ1v) is 8.14. The van der Waals surface area contributed by atoms with E-state index in [-0.39, 0.29) is 19.2 Å². The van der Waals surface area contributed by atoms with E-state index >= 15 is 0 Å². The number of carbonyl (C=O) groups is 1. The molecule has 1 aromatic heterocycles. The molecular formula is C16H19N5O3S. The first-order chi connectivity index (χ1) is 12.0. The molecule has 1 amide bonds. The summed E-state index contributed by atoms with van der Waals surface area (Å²) in [4.78, 5) is 11.9. The summed E-state index contributed by atoms with van der Waals surface area (Å²) in [7, 11) is 0. The van der Waals surface area contributed by atoms with Crippen LogP contribution in [-0.4, -0.2) is 27.6 Å². The minimum absolute atomic E-state index is 0.122. The molecule has 0 fully saturated rings. The first-order valence-electron chi connectivity index (χ1n) is 7.73. The fourth-order valence-corrected chi connectivity index (χ4v) is 2.54. The number of thiocarbonyl (C=S) groups is 1. The van der Waals surface area contributed by atoms with E-state index in [0.29, 0.717) is 11.7 Å². The number of nitrogens with zero attached hydrogens (tertiary/aromatic N) is 2. The summed E-state index contributed by atoms with van der Waals surface area (Å²) in [6.07, 6.45) is 0. The minimum atomic E-state index is -0.238. The number of rotatable bonds is 4. The molecule has 2 aromatic rings. The normalized spacial score (nSPS) is 11.9. The largest absolute Gasteiger partial charge is 0.454 e. The Hall–Kier alpha value is -2.81. The summed E-state index contributed by atoms with van der Waals surface area (Å²) >= 11 is 5.15. The third kappa shape index (κ3) is 4.38. The van der Waals surface area contributed by atoms with Crippen LogP contribution in [0.25, 0.3) is 0 Å². The van der Waals surface area contributed by atoms with Crippen molar-refractivity contribution in [2.24, 2.45) is 0 Å². The average molecular weight is 361 g/mol. The molecule has 1 aromatic carbocycles. The molecule has 0 unspecified atom stereocenters. The summed E-state index contributed by atoms with van der Waals surface area (Å²) < 4.78 is 12.2. The van der Waals surface area contributed by atoms with Gasteiger partial charge in [0.15, 0.2) is 16.6 Å². The lowest BCUT2D eigenvalue weighted by molar-refractivity contribution is -0.122. The van der Waals surface area contributed by atoms with Gasteiger partial charge in [-0.25, -0.2) is 0 Å². The van der Waals surface area contributed by atoms with E-state index in [0.717, 1.165) is 28.5 Å². The van der Waals surface area contributed by atoms with Crippen LogP contribution < -0.4 is 25.6 Å². The van der Waals surface area contributed by atoms with Gasteiger partial charge >= 0.3 is 0 Å². The highest BCUT2D eigenvalue weighted by Crippen LogP contribution is 2.32. The zero-order chi connectivity index (χ0) is 17.8. The number of carbonyl (C=O) groups excluding carboxylic acids is 1. The zero-order valence-electron chi connectivity index (χ0n) is 14.0. The fraction of sp³-hybridized carbons (Fsp3) is 0.312. The summed E-state index contributed by atoms with van der Waals surface area (Å²) in [5.74, 6) is 1.22. The van der Waals surface area contributed by atoms with Gasteiger partial charge in [0, 0.05) is 12.2 Å². The van der Waals surface area contributed by atoms with Gasteiger partial charge in [0.1, 0.15) is 6.54 Å². The van der Waals surface area contributed by atoms with Crippen molar-refractivity contribution in [1.29, 1.82) is 0 Å². The molecule has 0 atom stereocenters. The zero-order valence-corrected chi connectivity index (χ0v) is 14.8. The predicted molar refractivity (Wildman–Crippen MR) is 95.0 cm³/mol. The van der Waals surface area contributed by atoms with E-state index in [1.54, 1.807) is 4.68 Å². The summed E-state index contributed by atoms with van der Waals surface area (Å²) in [6.45, 7) is 4.65. The smallest absolute Gasteiger partial charge is 0.260 e. The van der Waals surface area contributed by atoms with Gasteiger partial charge < -0.3 is 14.8 Å². The quantitative estimate of drug-likeness (QED) is 0.551. The average Bonchev–Trinajstić information content (AvgIpc) is 3.16. The molecule has 1 aliphatic heterocycles. The maximum Gasteiger partial charge on any atom is 0.260 e. The molecule has 0 spiro atoms. The van der Waals surface area contributed by atoms with Gasteiger partial charge in [-0.05, 0) is 49.8 Å². The number of hydrogen-bond acceptors (Lipinski definition) is 5. The molecule has 2 heterocycles. The van der Waals surface area contributed by atoms with Crippen LogP contribution in [0.4, 0.5) is 0 Å². The summed E-state index contributed by atoms with van der Waals surface area (Å²) in [5.41, 5.74) is 8.01. The van der Waals surface area contributed by atoms with Gasteiger partial charge in [0.2, 0.25) is 6.79 Å². The van der Waals surface area contributed by atoms with Crippen LogP contribution in [-0.2, 0) is 17.9 Å². The molecule has 3 rings (SSSR count). The highest BCUT2D eigenvalue weighted by molar-refractivity contribution is 7.80. The Balaban J connectivity index is 1.42. The van der Waals surface area contributed by atoms with Crippen molar-refractivity contribution in [2.45, 2.75) is 26.9 Å². The Morgan fingerprint density at radius 1 is 1.24 bits per heavy atom. The molecule has 1 aliphatic rings. The van der Waals surface area contributed by atoms with Crippen LogP contribution in [0.15, 0.2) is 24.3 Å². The van der Waals surface area contributed by atoms with E-state index in [9.17, 15) is 4.79 Å². The van der Waals surface area contributed by atoms with Gasteiger partial charge in [0.25, 0.3) is 5.91 Å². The minimum Gasteiger partial charge on any atom is -0.454 e. The van der Waals surface area contributed by atoms with Crippen molar-refractivity contribution in [3.63, 3.8) is 0 Å². The van der Waals surface area contributed by atoms with Gasteiger partial charge in [-0.15, -0.1) is 0 Å². The molecule has 8 nitrogen and oxygen atoms in total. The van der Waals surface area contributed by atoms with E-state index in [4.69, 9.17) is 21.7 Å². The van der Waals surface area contributed by atoms with Gasteiger partial charge in [0.05, 0.1) is 5.69 Å². The predicted octanol–water partition coefficient (Wildman–Crippen LogP) is 0.924. The number of benzene rings is 1. The Morgan fingerprint density at radius 3 is 2.80 bits per heavy atom. The monoisotopic (exact) mass is 361 g/mol. The second-order valence-electron chi connectivity index (χ2n) is 5.63. The third-order valence-corrected chi connectivity index (χ3v) is 3.85. The molecule has 0 saturated carbocycles. The molecular weight excluding hydrogens is 342 g/mol. The van der Waals surface area contributed by atoms with Crippen LogP contribution in [0.1, 0.15) is 17.0 Å². The number of aromatic nitrogens is 2. The van der Waals surface area contributed by atoms with Crippen molar-refractivity contribution in [2.75, 3.05) is 6.79 Å². The van der Waals surface area contributed by atoms with Crippen molar-refractivity contribution >= 4 is 23.2 Å². The number of amides is 1. The Morgan fingerprint density at radius 2 is 2.04 bits per heavy atom. The lowest BCUT2D eigenvalue weighted by Crippen LogP contribution is -2.47. The van der Waals surface area contributed by atoms with Crippen LogP contribution in [0, 0.1) is 13.8 Å². The van der Waals surface area contributed by atoms with Crippen molar-refractivity contribution < 1.29 is 14.3 Å². The maximum absolute atomic E-state index is 11.9. The Bertz CT molecular complexity index is 805. The summed E-state index contributed by atoms with van der Waals surface area (Å²) in [6, 6.07) is 7.58. The number of aryl methyl sites for hydroxylation is 2. The lowest BCUT2D eigenvalue weighted by Gasteiger charge is -2.12. The number of nitrogens with one attached hydrogen (secondary N) is 3. The highest BCUT2D eigenvalue weighted by atomic mass is 32.1.